The highest BCUT2D eigenvalue weighted by molar-refractivity contribution is 9.10. The average molecular weight is 550 g/mol. The molecular formula is C26H24BrN5O4. The lowest BCUT2D eigenvalue weighted by atomic mass is 10.1. The molecule has 2 aliphatic heterocycles. The lowest BCUT2D eigenvalue weighted by molar-refractivity contribution is -0.131. The van der Waals surface area contributed by atoms with Crippen LogP contribution in [0.5, 0.6) is 11.5 Å². The number of piperazine rings is 1. The van der Waals surface area contributed by atoms with E-state index in [9.17, 15) is 9.59 Å². The minimum atomic E-state index is -0.370. The van der Waals surface area contributed by atoms with Gasteiger partial charge in [0.15, 0.2) is 11.5 Å². The van der Waals surface area contributed by atoms with E-state index < -0.39 is 0 Å². The Kier molecular flexibility index (Phi) is 6.86. The number of amides is 2. The minimum Gasteiger partial charge on any atom is -0.496 e. The number of aromatic nitrogens is 2. The zero-order chi connectivity index (χ0) is 25.1. The van der Waals surface area contributed by atoms with Gasteiger partial charge in [0.2, 0.25) is 11.9 Å². The molecule has 5 rings (SSSR count). The van der Waals surface area contributed by atoms with E-state index in [2.05, 4.69) is 25.9 Å². The Morgan fingerprint density at radius 1 is 1.08 bits per heavy atom. The third-order valence-corrected chi connectivity index (χ3v) is 6.69. The molecule has 3 aromatic rings. The fourth-order valence-corrected chi connectivity index (χ4v) is 4.75. The Morgan fingerprint density at radius 2 is 1.83 bits per heavy atom. The summed E-state index contributed by atoms with van der Waals surface area (Å²) in [5.41, 5.74) is 1.33. The summed E-state index contributed by atoms with van der Waals surface area (Å²) in [5, 5.41) is 0. The highest BCUT2D eigenvalue weighted by Gasteiger charge is 2.33. The number of carbonyl (C=O) groups is 2. The normalized spacial score (nSPS) is 16.6. The maximum atomic E-state index is 13.5. The van der Waals surface area contributed by atoms with E-state index >= 15 is 0 Å². The van der Waals surface area contributed by atoms with Crippen LogP contribution in [0.15, 0.2) is 71.2 Å². The van der Waals surface area contributed by atoms with Crippen LogP contribution in [0.3, 0.4) is 0 Å². The van der Waals surface area contributed by atoms with Gasteiger partial charge in [0, 0.05) is 38.6 Å². The number of benzene rings is 2. The maximum absolute atomic E-state index is 13.5. The summed E-state index contributed by atoms with van der Waals surface area (Å²) in [5.74, 6) is 1.51. The molecule has 1 saturated heterocycles. The second kappa shape index (κ2) is 10.4. The quantitative estimate of drug-likeness (QED) is 0.451. The van der Waals surface area contributed by atoms with Crippen LogP contribution in [-0.2, 0) is 9.59 Å². The molecule has 2 amide bonds. The Hall–Kier alpha value is -3.92. The lowest BCUT2D eigenvalue weighted by Gasteiger charge is -2.36. The Morgan fingerprint density at radius 3 is 2.56 bits per heavy atom. The van der Waals surface area contributed by atoms with Gasteiger partial charge in [-0.05, 0) is 57.9 Å². The first-order valence-electron chi connectivity index (χ1n) is 11.5. The van der Waals surface area contributed by atoms with Gasteiger partial charge in [0.25, 0.3) is 5.91 Å². The number of anilines is 2. The molecule has 0 unspecified atom stereocenters. The van der Waals surface area contributed by atoms with Gasteiger partial charge in [-0.1, -0.05) is 18.2 Å². The van der Waals surface area contributed by atoms with Crippen molar-refractivity contribution in [3.63, 3.8) is 0 Å². The Labute approximate surface area is 217 Å². The van der Waals surface area contributed by atoms with E-state index in [1.807, 2.05) is 29.2 Å². The first-order chi connectivity index (χ1) is 17.5. The largest absolute Gasteiger partial charge is 0.496 e. The third-order valence-electron chi connectivity index (χ3n) is 6.07. The van der Waals surface area contributed by atoms with E-state index in [1.165, 1.54) is 4.90 Å². The van der Waals surface area contributed by atoms with Gasteiger partial charge in [-0.3, -0.25) is 14.5 Å². The summed E-state index contributed by atoms with van der Waals surface area (Å²) < 4.78 is 12.0. The number of carbonyl (C=O) groups excluding carboxylic acids is 2. The first kappa shape index (κ1) is 23.8. The van der Waals surface area contributed by atoms with Gasteiger partial charge >= 0.3 is 0 Å². The van der Waals surface area contributed by atoms with Crippen LogP contribution in [0.25, 0.3) is 6.08 Å². The maximum Gasteiger partial charge on any atom is 0.294 e. The molecule has 1 fully saturated rings. The van der Waals surface area contributed by atoms with E-state index in [0.717, 1.165) is 10.0 Å². The fraction of sp³-hybridized carbons (Fsp3) is 0.231. The van der Waals surface area contributed by atoms with Crippen molar-refractivity contribution in [2.45, 2.75) is 0 Å². The first-order valence-corrected chi connectivity index (χ1v) is 12.3. The molecular weight excluding hydrogens is 526 g/mol. The van der Waals surface area contributed by atoms with Crippen LogP contribution in [0.1, 0.15) is 5.56 Å². The number of ether oxygens (including phenoxy) is 2. The molecule has 2 aromatic carbocycles. The van der Waals surface area contributed by atoms with Gasteiger partial charge in [0.05, 0.1) is 17.3 Å². The molecule has 36 heavy (non-hydrogen) atoms. The SMILES string of the molecule is COc1ccc(C=C2Oc3ccccc3N(CC(=O)N3CCN(c4ncccn4)CC3)C2=O)cc1Br. The number of fused-ring (bicyclic) bond motifs is 1. The minimum absolute atomic E-state index is 0.0787. The van der Waals surface area contributed by atoms with E-state index in [0.29, 0.717) is 49.3 Å². The zero-order valence-electron chi connectivity index (χ0n) is 19.6. The van der Waals surface area contributed by atoms with Crippen molar-refractivity contribution in [1.29, 1.82) is 0 Å². The molecule has 0 N–H and O–H groups in total. The monoisotopic (exact) mass is 549 g/mol. The van der Waals surface area contributed by atoms with Crippen molar-refractivity contribution in [2.75, 3.05) is 49.6 Å². The number of hydrogen-bond acceptors (Lipinski definition) is 7. The molecule has 0 spiro atoms. The lowest BCUT2D eigenvalue weighted by Crippen LogP contribution is -2.53. The standard InChI is InChI=1S/C26H24BrN5O4/c1-35-21-8-7-18(15-19(21)27)16-23-25(34)32(20-5-2-3-6-22(20)36-23)17-24(33)30-11-13-31(14-12-30)26-28-9-4-10-29-26/h2-10,15-16H,11-14,17H2,1H3. The molecule has 0 bridgehead atoms. The second-order valence-electron chi connectivity index (χ2n) is 8.28. The highest BCUT2D eigenvalue weighted by Crippen LogP contribution is 2.36. The summed E-state index contributed by atoms with van der Waals surface area (Å²) in [6.07, 6.45) is 5.08. The van der Waals surface area contributed by atoms with Gasteiger partial charge in [-0.25, -0.2) is 9.97 Å². The van der Waals surface area contributed by atoms with Crippen molar-refractivity contribution in [3.05, 3.63) is 76.7 Å². The molecule has 9 nitrogen and oxygen atoms in total. The number of para-hydroxylation sites is 2. The van der Waals surface area contributed by atoms with Crippen LogP contribution in [-0.4, -0.2) is 66.5 Å². The third kappa shape index (κ3) is 4.90. The number of hydrogen-bond donors (Lipinski definition) is 0. The molecule has 184 valence electrons. The number of halogens is 1. The van der Waals surface area contributed by atoms with Gasteiger partial charge in [-0.15, -0.1) is 0 Å². The Bertz CT molecular complexity index is 1310. The second-order valence-corrected chi connectivity index (χ2v) is 9.13. The molecule has 1 aromatic heterocycles. The molecule has 0 aliphatic carbocycles. The summed E-state index contributed by atoms with van der Waals surface area (Å²) >= 11 is 3.47. The molecule has 0 atom stereocenters. The predicted molar refractivity (Wildman–Crippen MR) is 139 cm³/mol. The summed E-state index contributed by atoms with van der Waals surface area (Å²) in [4.78, 5) is 40.6. The van der Waals surface area contributed by atoms with Crippen LogP contribution >= 0.6 is 15.9 Å². The highest BCUT2D eigenvalue weighted by atomic mass is 79.9. The van der Waals surface area contributed by atoms with Crippen molar-refractivity contribution in [1.82, 2.24) is 14.9 Å². The topological polar surface area (TPSA) is 88.1 Å². The Balaban J connectivity index is 1.33. The summed E-state index contributed by atoms with van der Waals surface area (Å²) in [6.45, 7) is 2.23. The van der Waals surface area contributed by atoms with Crippen LogP contribution in [0, 0.1) is 0 Å². The number of methoxy groups -OCH3 is 1. The van der Waals surface area contributed by atoms with Crippen molar-refractivity contribution in [3.8, 4) is 11.5 Å². The smallest absolute Gasteiger partial charge is 0.294 e. The zero-order valence-corrected chi connectivity index (χ0v) is 21.2. The molecule has 3 heterocycles. The molecule has 0 saturated carbocycles. The van der Waals surface area contributed by atoms with Crippen molar-refractivity contribution < 1.29 is 19.1 Å². The van der Waals surface area contributed by atoms with Crippen molar-refractivity contribution in [2.24, 2.45) is 0 Å². The van der Waals surface area contributed by atoms with Crippen LogP contribution in [0.2, 0.25) is 0 Å². The van der Waals surface area contributed by atoms with Gasteiger partial charge in [-0.2, -0.15) is 0 Å². The van der Waals surface area contributed by atoms with Crippen molar-refractivity contribution >= 4 is 45.5 Å². The number of nitrogens with zero attached hydrogens (tertiary/aromatic N) is 5. The van der Waals surface area contributed by atoms with E-state index in [1.54, 1.807) is 54.7 Å². The van der Waals surface area contributed by atoms with Crippen LogP contribution < -0.4 is 19.3 Å². The number of rotatable bonds is 5. The van der Waals surface area contributed by atoms with Crippen LogP contribution in [0.4, 0.5) is 11.6 Å². The van der Waals surface area contributed by atoms with E-state index in [4.69, 9.17) is 9.47 Å². The fourth-order valence-electron chi connectivity index (χ4n) is 4.19. The van der Waals surface area contributed by atoms with Gasteiger partial charge < -0.3 is 19.3 Å². The molecule has 10 heteroatoms. The predicted octanol–water partition coefficient (Wildman–Crippen LogP) is 3.36. The van der Waals surface area contributed by atoms with Gasteiger partial charge in [0.1, 0.15) is 12.3 Å². The molecule has 2 aliphatic rings. The summed E-state index contributed by atoms with van der Waals surface area (Å²) in [7, 11) is 1.59. The van der Waals surface area contributed by atoms with E-state index in [-0.39, 0.29) is 24.1 Å². The molecule has 0 radical (unpaired) electrons. The average Bonchev–Trinajstić information content (AvgIpc) is 2.91. The summed E-state index contributed by atoms with van der Waals surface area (Å²) in [6, 6.07) is 14.5.